The van der Waals surface area contributed by atoms with Crippen LogP contribution in [0.4, 0.5) is 0 Å². The molecular formula is C9H15O2. The van der Waals surface area contributed by atoms with Gasteiger partial charge in [-0.1, -0.05) is 20.4 Å². The lowest BCUT2D eigenvalue weighted by molar-refractivity contribution is -0.122. The van der Waals surface area contributed by atoms with Crippen LogP contribution < -0.4 is 0 Å². The van der Waals surface area contributed by atoms with E-state index in [9.17, 15) is 4.79 Å². The summed E-state index contributed by atoms with van der Waals surface area (Å²) in [5.74, 6) is -0.0204. The van der Waals surface area contributed by atoms with Crippen molar-refractivity contribution in [3.8, 4) is 0 Å². The number of rotatable bonds is 5. The van der Waals surface area contributed by atoms with Gasteiger partial charge in [0.2, 0.25) is 0 Å². The monoisotopic (exact) mass is 155 g/mol. The zero-order chi connectivity index (χ0) is 8.85. The summed E-state index contributed by atoms with van der Waals surface area (Å²) < 4.78 is 0. The molecule has 2 heteroatoms. The Morgan fingerprint density at radius 2 is 2.18 bits per heavy atom. The van der Waals surface area contributed by atoms with Gasteiger partial charge in [-0.2, -0.15) is 0 Å². The van der Waals surface area contributed by atoms with Gasteiger partial charge in [0.25, 0.3) is 0 Å². The molecule has 1 N–H and O–H groups in total. The Morgan fingerprint density at radius 3 is 2.55 bits per heavy atom. The van der Waals surface area contributed by atoms with Crippen molar-refractivity contribution in [2.75, 3.05) is 0 Å². The second-order valence-electron chi connectivity index (χ2n) is 2.80. The van der Waals surface area contributed by atoms with E-state index >= 15 is 0 Å². The number of aliphatic hydroxyl groups excluding tert-OH is 1. The molecule has 1 radical (unpaired) electrons. The predicted octanol–water partition coefficient (Wildman–Crippen LogP) is 1.35. The van der Waals surface area contributed by atoms with E-state index in [1.165, 1.54) is 0 Å². The molecule has 2 unspecified atom stereocenters. The number of hydrogen-bond acceptors (Lipinski definition) is 2. The summed E-state index contributed by atoms with van der Waals surface area (Å²) >= 11 is 0. The van der Waals surface area contributed by atoms with E-state index in [0.29, 0.717) is 6.42 Å². The first-order valence-electron chi connectivity index (χ1n) is 3.75. The van der Waals surface area contributed by atoms with Crippen LogP contribution in [0.3, 0.4) is 0 Å². The van der Waals surface area contributed by atoms with E-state index in [0.717, 1.165) is 12.5 Å². The molecule has 0 aliphatic rings. The summed E-state index contributed by atoms with van der Waals surface area (Å²) in [4.78, 5) is 10.7. The zero-order valence-corrected chi connectivity index (χ0v) is 6.92. The molecule has 2 atom stereocenters. The molecule has 0 aromatic rings. The van der Waals surface area contributed by atoms with E-state index in [1.807, 2.05) is 6.92 Å². The first-order chi connectivity index (χ1) is 5.07. The van der Waals surface area contributed by atoms with Gasteiger partial charge in [-0.3, -0.25) is 4.79 Å². The maximum absolute atomic E-state index is 10.7. The molecule has 11 heavy (non-hydrogen) atoms. The van der Waals surface area contributed by atoms with Crippen molar-refractivity contribution in [1.82, 2.24) is 0 Å². The molecule has 2 nitrogen and oxygen atoms in total. The summed E-state index contributed by atoms with van der Waals surface area (Å²) in [7, 11) is 0. The van der Waals surface area contributed by atoms with Gasteiger partial charge in [0.15, 0.2) is 5.78 Å². The lowest BCUT2D eigenvalue weighted by Gasteiger charge is -2.07. The molecule has 0 rings (SSSR count). The fourth-order valence-corrected chi connectivity index (χ4v) is 0.721. The molecular weight excluding hydrogens is 140 g/mol. The maximum Gasteiger partial charge on any atom is 0.183 e. The SMILES string of the molecule is [CH2]C(C)CCC(O)C(=O)C=C. The highest BCUT2D eigenvalue weighted by atomic mass is 16.3. The van der Waals surface area contributed by atoms with Gasteiger partial charge in [0, 0.05) is 0 Å². The summed E-state index contributed by atoms with van der Waals surface area (Å²) in [6, 6.07) is 0. The van der Waals surface area contributed by atoms with E-state index in [1.54, 1.807) is 0 Å². The minimum Gasteiger partial charge on any atom is -0.385 e. The molecule has 0 heterocycles. The first kappa shape index (κ1) is 10.4. The first-order valence-corrected chi connectivity index (χ1v) is 3.75. The lowest BCUT2D eigenvalue weighted by Crippen LogP contribution is -2.18. The molecule has 0 aromatic carbocycles. The predicted molar refractivity (Wildman–Crippen MR) is 45.0 cm³/mol. The Bertz CT molecular complexity index is 138. The van der Waals surface area contributed by atoms with Crippen molar-refractivity contribution >= 4 is 5.78 Å². The van der Waals surface area contributed by atoms with Crippen molar-refractivity contribution in [3.05, 3.63) is 19.6 Å². The van der Waals surface area contributed by atoms with Crippen molar-refractivity contribution in [1.29, 1.82) is 0 Å². The Labute approximate surface area is 67.9 Å². The Hall–Kier alpha value is -0.630. The van der Waals surface area contributed by atoms with Crippen LogP contribution >= 0.6 is 0 Å². The topological polar surface area (TPSA) is 37.3 Å². The average Bonchev–Trinajstić information content (AvgIpc) is 1.98. The summed E-state index contributed by atoms with van der Waals surface area (Å²) in [5.41, 5.74) is 0. The van der Waals surface area contributed by atoms with E-state index in [4.69, 9.17) is 5.11 Å². The van der Waals surface area contributed by atoms with E-state index in [-0.39, 0.29) is 11.7 Å². The van der Waals surface area contributed by atoms with Crippen LogP contribution in [0.25, 0.3) is 0 Å². The molecule has 0 amide bonds. The smallest absolute Gasteiger partial charge is 0.183 e. The zero-order valence-electron chi connectivity index (χ0n) is 6.92. The molecule has 0 saturated carbocycles. The molecule has 0 aliphatic heterocycles. The average molecular weight is 155 g/mol. The quantitative estimate of drug-likeness (QED) is 0.608. The summed E-state index contributed by atoms with van der Waals surface area (Å²) in [6.45, 7) is 8.98. The number of carbonyl (C=O) groups is 1. The van der Waals surface area contributed by atoms with Crippen molar-refractivity contribution < 1.29 is 9.90 Å². The summed E-state index contributed by atoms with van der Waals surface area (Å²) in [5, 5.41) is 9.12. The van der Waals surface area contributed by atoms with Crippen molar-refractivity contribution in [2.24, 2.45) is 5.92 Å². The second-order valence-corrected chi connectivity index (χ2v) is 2.80. The fourth-order valence-electron chi connectivity index (χ4n) is 0.721. The van der Waals surface area contributed by atoms with E-state index in [2.05, 4.69) is 13.5 Å². The minimum absolute atomic E-state index is 0.280. The Balaban J connectivity index is 3.60. The highest BCUT2D eigenvalue weighted by molar-refractivity contribution is 5.92. The fraction of sp³-hybridized carbons (Fsp3) is 0.556. The van der Waals surface area contributed by atoms with Crippen LogP contribution in [0.1, 0.15) is 19.8 Å². The molecule has 0 bridgehead atoms. The van der Waals surface area contributed by atoms with Gasteiger partial charge < -0.3 is 5.11 Å². The lowest BCUT2D eigenvalue weighted by atomic mass is 10.0. The normalized spacial score (nSPS) is 13.1. The third-order valence-corrected chi connectivity index (χ3v) is 1.46. The number of aliphatic hydroxyl groups is 1. The molecule has 63 valence electrons. The van der Waals surface area contributed by atoms with Crippen molar-refractivity contribution in [2.45, 2.75) is 25.9 Å². The van der Waals surface area contributed by atoms with Crippen LogP contribution in [0, 0.1) is 12.8 Å². The molecule has 0 aliphatic carbocycles. The highest BCUT2D eigenvalue weighted by Gasteiger charge is 2.10. The van der Waals surface area contributed by atoms with Gasteiger partial charge in [-0.15, -0.1) is 0 Å². The Kier molecular flexibility index (Phi) is 4.79. The van der Waals surface area contributed by atoms with Crippen molar-refractivity contribution in [3.63, 3.8) is 0 Å². The van der Waals surface area contributed by atoms with Gasteiger partial charge in [-0.25, -0.2) is 0 Å². The van der Waals surface area contributed by atoms with Crippen LogP contribution in [0.15, 0.2) is 12.7 Å². The second kappa shape index (κ2) is 5.08. The van der Waals surface area contributed by atoms with E-state index < -0.39 is 6.10 Å². The summed E-state index contributed by atoms with van der Waals surface area (Å²) in [6.07, 6.45) is 1.52. The number of ketones is 1. The van der Waals surface area contributed by atoms with Gasteiger partial charge in [0.05, 0.1) is 0 Å². The largest absolute Gasteiger partial charge is 0.385 e. The van der Waals surface area contributed by atoms with Gasteiger partial charge in [-0.05, 0) is 24.8 Å². The molecule has 0 fully saturated rings. The highest BCUT2D eigenvalue weighted by Crippen LogP contribution is 2.06. The molecule has 0 saturated heterocycles. The van der Waals surface area contributed by atoms with Gasteiger partial charge >= 0.3 is 0 Å². The number of carbonyl (C=O) groups excluding carboxylic acids is 1. The Morgan fingerprint density at radius 1 is 1.64 bits per heavy atom. The van der Waals surface area contributed by atoms with Crippen LogP contribution in [-0.4, -0.2) is 17.0 Å². The number of hydrogen-bond donors (Lipinski definition) is 1. The molecule has 0 spiro atoms. The maximum atomic E-state index is 10.7. The van der Waals surface area contributed by atoms with Crippen LogP contribution in [0.5, 0.6) is 0 Å². The third kappa shape index (κ3) is 4.73. The third-order valence-electron chi connectivity index (χ3n) is 1.46. The molecule has 0 aromatic heterocycles. The van der Waals surface area contributed by atoms with Gasteiger partial charge in [0.1, 0.15) is 6.10 Å². The van der Waals surface area contributed by atoms with Crippen LogP contribution in [-0.2, 0) is 4.79 Å². The minimum atomic E-state index is -0.878. The van der Waals surface area contributed by atoms with Crippen LogP contribution in [0.2, 0.25) is 0 Å². The standard InChI is InChI=1S/C9H15O2/c1-4-8(10)9(11)6-5-7(2)3/h4,7,9,11H,1-2,5-6H2,3H3.